The van der Waals surface area contributed by atoms with Crippen molar-refractivity contribution >= 4 is 27.8 Å². The van der Waals surface area contributed by atoms with Crippen molar-refractivity contribution in [3.05, 3.63) is 283 Å². The summed E-state index contributed by atoms with van der Waals surface area (Å²) in [5.41, 5.74) is 22.9. The second-order valence-corrected chi connectivity index (χ2v) is 17.6. The van der Waals surface area contributed by atoms with Crippen LogP contribution in [0.2, 0.25) is 0 Å². The second kappa shape index (κ2) is 15.3. The van der Waals surface area contributed by atoms with Gasteiger partial charge in [-0.3, -0.25) is 0 Å². The fraction of sp³-hybridized carbons (Fsp3) is 0.0154. The Hall–Kier alpha value is -8.52. The summed E-state index contributed by atoms with van der Waals surface area (Å²) in [5.74, 6) is 0. The quantitative estimate of drug-likeness (QED) is 0.155. The van der Waals surface area contributed by atoms with E-state index in [2.05, 4.69) is 266 Å². The van der Waals surface area contributed by atoms with Gasteiger partial charge >= 0.3 is 0 Å². The van der Waals surface area contributed by atoms with Gasteiger partial charge in [0, 0.05) is 17.1 Å². The molecule has 11 aromatic carbocycles. The molecule has 0 atom stereocenters. The van der Waals surface area contributed by atoms with E-state index in [1.165, 1.54) is 99.8 Å². The summed E-state index contributed by atoms with van der Waals surface area (Å²) in [7, 11) is 0. The Labute approximate surface area is 386 Å². The third-order valence-corrected chi connectivity index (χ3v) is 14.1. The molecule has 66 heavy (non-hydrogen) atoms. The van der Waals surface area contributed by atoms with Crippen molar-refractivity contribution in [2.75, 3.05) is 4.90 Å². The Morgan fingerprint density at radius 3 is 1.36 bits per heavy atom. The van der Waals surface area contributed by atoms with Crippen molar-refractivity contribution in [1.29, 1.82) is 0 Å². The molecule has 0 heterocycles. The van der Waals surface area contributed by atoms with Crippen molar-refractivity contribution in [3.63, 3.8) is 0 Å². The van der Waals surface area contributed by atoms with Crippen LogP contribution in [0.3, 0.4) is 0 Å². The molecule has 2 aliphatic carbocycles. The highest BCUT2D eigenvalue weighted by Crippen LogP contribution is 2.63. The van der Waals surface area contributed by atoms with Crippen LogP contribution in [0.4, 0.5) is 17.1 Å². The first-order valence-corrected chi connectivity index (χ1v) is 22.9. The Balaban J connectivity index is 1.03. The lowest BCUT2D eigenvalue weighted by Crippen LogP contribution is -2.26. The van der Waals surface area contributed by atoms with E-state index >= 15 is 0 Å². The van der Waals surface area contributed by atoms with E-state index in [1.54, 1.807) is 0 Å². The first-order chi connectivity index (χ1) is 32.7. The van der Waals surface area contributed by atoms with Gasteiger partial charge in [-0.05, 0) is 142 Å². The zero-order chi connectivity index (χ0) is 43.6. The molecule has 2 aliphatic rings. The fourth-order valence-electron chi connectivity index (χ4n) is 11.2. The molecular weight excluding hydrogens is 795 g/mol. The SMILES string of the molecule is c1ccc(-c2cccc(-c3ccc(N(c4ccc(-c5cccc6ccccc56)cc4)c4ccc5c(c4)C4(c6ccccc6-c6ccccc64)c4ccccc4-5)cc3-c3ccccc3)c2)cc1. The third kappa shape index (κ3) is 5.87. The van der Waals surface area contributed by atoms with E-state index in [4.69, 9.17) is 0 Å². The van der Waals surface area contributed by atoms with Gasteiger partial charge in [-0.15, -0.1) is 0 Å². The van der Waals surface area contributed by atoms with E-state index in [9.17, 15) is 0 Å². The van der Waals surface area contributed by atoms with Crippen molar-refractivity contribution in [2.24, 2.45) is 0 Å². The molecule has 0 unspecified atom stereocenters. The van der Waals surface area contributed by atoms with Gasteiger partial charge in [-0.25, -0.2) is 0 Å². The largest absolute Gasteiger partial charge is 0.310 e. The molecule has 0 saturated heterocycles. The molecule has 11 aromatic rings. The van der Waals surface area contributed by atoms with Crippen LogP contribution in [0.5, 0.6) is 0 Å². The minimum absolute atomic E-state index is 0.457. The van der Waals surface area contributed by atoms with Crippen LogP contribution in [-0.4, -0.2) is 0 Å². The Bertz CT molecular complexity index is 3570. The van der Waals surface area contributed by atoms with Gasteiger partial charge in [0.2, 0.25) is 0 Å². The Morgan fingerprint density at radius 2 is 0.682 bits per heavy atom. The van der Waals surface area contributed by atoms with Crippen molar-refractivity contribution in [2.45, 2.75) is 5.41 Å². The summed E-state index contributed by atoms with van der Waals surface area (Å²) in [4.78, 5) is 2.47. The zero-order valence-electron chi connectivity index (χ0n) is 36.3. The van der Waals surface area contributed by atoms with Gasteiger partial charge < -0.3 is 4.90 Å². The van der Waals surface area contributed by atoms with E-state index in [0.717, 1.165) is 17.1 Å². The molecule has 0 radical (unpaired) electrons. The molecule has 0 bridgehead atoms. The predicted octanol–water partition coefficient (Wildman–Crippen LogP) is 17.3. The highest BCUT2D eigenvalue weighted by atomic mass is 15.1. The maximum absolute atomic E-state index is 2.49. The lowest BCUT2D eigenvalue weighted by atomic mass is 9.70. The summed E-state index contributed by atoms with van der Waals surface area (Å²) in [6.45, 7) is 0. The number of hydrogen-bond acceptors (Lipinski definition) is 1. The van der Waals surface area contributed by atoms with Crippen LogP contribution < -0.4 is 4.90 Å². The number of nitrogens with zero attached hydrogens (tertiary/aromatic N) is 1. The highest BCUT2D eigenvalue weighted by molar-refractivity contribution is 5.99. The Morgan fingerprint density at radius 1 is 0.227 bits per heavy atom. The summed E-state index contributed by atoms with van der Waals surface area (Å²) in [5, 5.41) is 2.50. The second-order valence-electron chi connectivity index (χ2n) is 17.6. The molecular formula is C65H43N. The van der Waals surface area contributed by atoms with Crippen LogP contribution in [0.1, 0.15) is 22.3 Å². The van der Waals surface area contributed by atoms with E-state index in [0.29, 0.717) is 0 Å². The number of rotatable bonds is 7. The minimum atomic E-state index is -0.457. The first-order valence-electron chi connectivity index (χ1n) is 22.9. The fourth-order valence-corrected chi connectivity index (χ4v) is 11.2. The average Bonchev–Trinajstić information content (AvgIpc) is 3.86. The smallest absolute Gasteiger partial charge is 0.0726 e. The molecule has 0 aliphatic heterocycles. The Kier molecular flexibility index (Phi) is 8.82. The van der Waals surface area contributed by atoms with Crippen molar-refractivity contribution in [1.82, 2.24) is 0 Å². The maximum atomic E-state index is 2.49. The van der Waals surface area contributed by atoms with Gasteiger partial charge in [0.25, 0.3) is 0 Å². The molecule has 0 aromatic heterocycles. The molecule has 1 nitrogen and oxygen atoms in total. The molecule has 1 spiro atoms. The first kappa shape index (κ1) is 38.0. The summed E-state index contributed by atoms with van der Waals surface area (Å²) in [6, 6.07) is 96.4. The van der Waals surface area contributed by atoms with E-state index < -0.39 is 5.41 Å². The number of fused-ring (bicyclic) bond motifs is 11. The van der Waals surface area contributed by atoms with Gasteiger partial charge in [-0.1, -0.05) is 218 Å². The number of benzene rings is 11. The number of anilines is 3. The van der Waals surface area contributed by atoms with Crippen molar-refractivity contribution in [3.8, 4) is 66.8 Å². The van der Waals surface area contributed by atoms with Gasteiger partial charge in [0.05, 0.1) is 5.41 Å². The van der Waals surface area contributed by atoms with Crippen LogP contribution >= 0.6 is 0 Å². The van der Waals surface area contributed by atoms with Crippen LogP contribution in [0.25, 0.3) is 77.5 Å². The van der Waals surface area contributed by atoms with Gasteiger partial charge in [0.15, 0.2) is 0 Å². The lowest BCUT2D eigenvalue weighted by molar-refractivity contribution is 0.793. The molecule has 1 heteroatoms. The molecule has 13 rings (SSSR count). The topological polar surface area (TPSA) is 3.24 Å². The third-order valence-electron chi connectivity index (χ3n) is 14.1. The van der Waals surface area contributed by atoms with Gasteiger partial charge in [0.1, 0.15) is 0 Å². The molecule has 0 saturated carbocycles. The summed E-state index contributed by atoms with van der Waals surface area (Å²) < 4.78 is 0. The minimum Gasteiger partial charge on any atom is -0.310 e. The van der Waals surface area contributed by atoms with Crippen LogP contribution in [0, 0.1) is 0 Å². The zero-order valence-corrected chi connectivity index (χ0v) is 36.3. The normalized spacial score (nSPS) is 12.7. The molecule has 0 fully saturated rings. The van der Waals surface area contributed by atoms with Gasteiger partial charge in [-0.2, -0.15) is 0 Å². The van der Waals surface area contributed by atoms with E-state index in [-0.39, 0.29) is 0 Å². The predicted molar refractivity (Wildman–Crippen MR) is 277 cm³/mol. The highest BCUT2D eigenvalue weighted by Gasteiger charge is 2.51. The summed E-state index contributed by atoms with van der Waals surface area (Å²) in [6.07, 6.45) is 0. The van der Waals surface area contributed by atoms with E-state index in [1.807, 2.05) is 0 Å². The molecule has 308 valence electrons. The standard InChI is InChI=1S/C65H43N/c1-3-17-44(18-4-1)48-23-15-24-49(41-48)55-39-37-51(42-60(55)46-19-5-2-6-20-46)66(50-35-33-47(34-36-50)54-29-16-22-45-21-7-8-25-53(45)54)52-38-40-59-58-28-11-14-32-63(58)65(64(59)43-52)61-30-12-9-26-56(61)57-27-10-13-31-62(57)65/h1-43H. The molecule has 0 amide bonds. The van der Waals surface area contributed by atoms with Crippen LogP contribution in [-0.2, 0) is 5.41 Å². The summed E-state index contributed by atoms with van der Waals surface area (Å²) >= 11 is 0. The number of hydrogen-bond donors (Lipinski definition) is 0. The van der Waals surface area contributed by atoms with Crippen molar-refractivity contribution < 1.29 is 0 Å². The monoisotopic (exact) mass is 837 g/mol. The van der Waals surface area contributed by atoms with Crippen LogP contribution in [0.15, 0.2) is 261 Å². The average molecular weight is 838 g/mol. The molecule has 0 N–H and O–H groups in total. The lowest BCUT2D eigenvalue weighted by Gasteiger charge is -2.32. The maximum Gasteiger partial charge on any atom is 0.0726 e.